The third-order valence-electron chi connectivity index (χ3n) is 4.41. The Kier molecular flexibility index (Phi) is 8.17. The fraction of sp³-hybridized carbons (Fsp3) is 0.688. The second-order valence-corrected chi connectivity index (χ2v) is 6.74. The second kappa shape index (κ2) is 9.13. The molecule has 23 heavy (non-hydrogen) atoms. The first-order valence-electron chi connectivity index (χ1n) is 7.88. The zero-order valence-electron chi connectivity index (χ0n) is 14.2. The molecular weight excluding hydrogens is 427 g/mol. The maximum atomic E-state index is 10.6. The molecule has 0 amide bonds. The molecule has 1 aromatic rings. The number of hydrogen-bond acceptors (Lipinski definition) is 2. The predicted molar refractivity (Wildman–Crippen MR) is 107 cm³/mol. The SMILES string of the molecule is CN=C(NCC1(O)CCCCC1)N(C)Cc1cc(Cl)cn1C.I. The van der Waals surface area contributed by atoms with E-state index in [-0.39, 0.29) is 24.0 Å². The van der Waals surface area contributed by atoms with Crippen molar-refractivity contribution in [3.05, 3.63) is 23.0 Å². The average Bonchev–Trinajstić information content (AvgIpc) is 2.78. The topological polar surface area (TPSA) is 52.8 Å². The van der Waals surface area contributed by atoms with Gasteiger partial charge in [0.1, 0.15) is 0 Å². The number of aliphatic hydroxyl groups is 1. The van der Waals surface area contributed by atoms with Crippen LogP contribution in [-0.2, 0) is 13.6 Å². The van der Waals surface area contributed by atoms with Crippen LogP contribution in [0.1, 0.15) is 37.8 Å². The Bertz CT molecular complexity index is 526. The molecule has 0 aliphatic heterocycles. The molecule has 0 saturated heterocycles. The summed E-state index contributed by atoms with van der Waals surface area (Å²) in [6.07, 6.45) is 7.07. The van der Waals surface area contributed by atoms with E-state index < -0.39 is 5.60 Å². The van der Waals surface area contributed by atoms with E-state index in [2.05, 4.69) is 10.3 Å². The van der Waals surface area contributed by atoms with E-state index in [0.29, 0.717) is 13.1 Å². The quantitative estimate of drug-likeness (QED) is 0.418. The first-order chi connectivity index (χ1) is 10.4. The Balaban J connectivity index is 0.00000264. The lowest BCUT2D eigenvalue weighted by Gasteiger charge is -2.33. The first-order valence-corrected chi connectivity index (χ1v) is 8.26. The Morgan fingerprint density at radius 1 is 1.43 bits per heavy atom. The van der Waals surface area contributed by atoms with Crippen LogP contribution in [0.25, 0.3) is 0 Å². The summed E-state index contributed by atoms with van der Waals surface area (Å²) in [5.41, 5.74) is 0.523. The van der Waals surface area contributed by atoms with Crippen LogP contribution < -0.4 is 5.32 Å². The largest absolute Gasteiger partial charge is 0.388 e. The smallest absolute Gasteiger partial charge is 0.193 e. The van der Waals surface area contributed by atoms with Crippen LogP contribution in [0, 0.1) is 0 Å². The molecule has 7 heteroatoms. The Hall–Kier alpha value is -0.470. The van der Waals surface area contributed by atoms with Gasteiger partial charge in [0.05, 0.1) is 17.2 Å². The van der Waals surface area contributed by atoms with Crippen molar-refractivity contribution in [2.45, 2.75) is 44.2 Å². The molecule has 1 fully saturated rings. The van der Waals surface area contributed by atoms with Gasteiger partial charge in [0.2, 0.25) is 0 Å². The number of aromatic nitrogens is 1. The summed E-state index contributed by atoms with van der Waals surface area (Å²) in [4.78, 5) is 6.35. The number of hydrogen-bond donors (Lipinski definition) is 2. The fourth-order valence-corrected chi connectivity index (χ4v) is 3.33. The van der Waals surface area contributed by atoms with Gasteiger partial charge in [0.25, 0.3) is 0 Å². The normalized spacial score (nSPS) is 17.5. The van der Waals surface area contributed by atoms with E-state index in [1.807, 2.05) is 35.8 Å². The van der Waals surface area contributed by atoms with Gasteiger partial charge in [-0.15, -0.1) is 24.0 Å². The molecule has 2 rings (SSSR count). The van der Waals surface area contributed by atoms with Gasteiger partial charge in [0, 0.05) is 39.6 Å². The van der Waals surface area contributed by atoms with E-state index in [1.54, 1.807) is 7.05 Å². The van der Waals surface area contributed by atoms with Crippen molar-refractivity contribution in [2.75, 3.05) is 20.6 Å². The van der Waals surface area contributed by atoms with Crippen LogP contribution in [0.3, 0.4) is 0 Å². The van der Waals surface area contributed by atoms with Crippen molar-refractivity contribution in [1.29, 1.82) is 0 Å². The summed E-state index contributed by atoms with van der Waals surface area (Å²) in [5.74, 6) is 0.788. The molecule has 0 unspecified atom stereocenters. The second-order valence-electron chi connectivity index (χ2n) is 6.30. The van der Waals surface area contributed by atoms with Crippen molar-refractivity contribution in [3.8, 4) is 0 Å². The van der Waals surface area contributed by atoms with Crippen LogP contribution in [0.4, 0.5) is 0 Å². The Labute approximate surface area is 161 Å². The molecule has 1 aliphatic rings. The van der Waals surface area contributed by atoms with E-state index in [0.717, 1.165) is 42.4 Å². The summed E-state index contributed by atoms with van der Waals surface area (Å²) >= 11 is 6.03. The standard InChI is InChI=1S/C16H27ClN4O.HI/c1-18-15(19-12-16(22)7-5-4-6-8-16)21(3)11-14-9-13(17)10-20(14)2;/h9-10,22H,4-8,11-12H2,1-3H3,(H,18,19);1H. The van der Waals surface area contributed by atoms with Gasteiger partial charge >= 0.3 is 0 Å². The van der Waals surface area contributed by atoms with Crippen molar-refractivity contribution in [2.24, 2.45) is 12.0 Å². The minimum Gasteiger partial charge on any atom is -0.388 e. The third-order valence-corrected chi connectivity index (χ3v) is 4.61. The maximum Gasteiger partial charge on any atom is 0.193 e. The minimum absolute atomic E-state index is 0. The Morgan fingerprint density at radius 2 is 2.09 bits per heavy atom. The molecule has 0 radical (unpaired) electrons. The molecule has 0 spiro atoms. The van der Waals surface area contributed by atoms with Crippen molar-refractivity contribution >= 4 is 41.5 Å². The summed E-state index contributed by atoms with van der Waals surface area (Å²) in [6, 6.07) is 1.96. The molecule has 0 bridgehead atoms. The molecule has 5 nitrogen and oxygen atoms in total. The lowest BCUT2D eigenvalue weighted by Crippen LogP contribution is -2.48. The van der Waals surface area contributed by atoms with Gasteiger partial charge in [0.15, 0.2) is 5.96 Å². The molecule has 2 N–H and O–H groups in total. The zero-order chi connectivity index (χ0) is 16.2. The molecule has 0 aromatic carbocycles. The number of nitrogens with zero attached hydrogens (tertiary/aromatic N) is 3. The zero-order valence-corrected chi connectivity index (χ0v) is 17.3. The molecule has 1 saturated carbocycles. The van der Waals surface area contributed by atoms with E-state index in [1.165, 1.54) is 6.42 Å². The van der Waals surface area contributed by atoms with Crippen molar-refractivity contribution in [3.63, 3.8) is 0 Å². The average molecular weight is 455 g/mol. The molecular formula is C16H28ClIN4O. The highest BCUT2D eigenvalue weighted by molar-refractivity contribution is 14.0. The summed E-state index contributed by atoms with van der Waals surface area (Å²) < 4.78 is 2.01. The van der Waals surface area contributed by atoms with Crippen LogP contribution >= 0.6 is 35.6 Å². The van der Waals surface area contributed by atoms with Gasteiger partial charge in [-0.05, 0) is 18.9 Å². The summed E-state index contributed by atoms with van der Waals surface area (Å²) in [5, 5.41) is 14.6. The van der Waals surface area contributed by atoms with Gasteiger partial charge in [-0.25, -0.2) is 0 Å². The van der Waals surface area contributed by atoms with E-state index in [4.69, 9.17) is 11.6 Å². The maximum absolute atomic E-state index is 10.6. The number of nitrogens with one attached hydrogen (secondary N) is 1. The first kappa shape index (κ1) is 20.6. The summed E-state index contributed by atoms with van der Waals surface area (Å²) in [6.45, 7) is 1.26. The Morgan fingerprint density at radius 3 is 2.61 bits per heavy atom. The number of aliphatic imine (C=N–C) groups is 1. The predicted octanol–water partition coefficient (Wildman–Crippen LogP) is 3.00. The molecule has 0 atom stereocenters. The van der Waals surface area contributed by atoms with Gasteiger partial charge in [-0.1, -0.05) is 30.9 Å². The lowest BCUT2D eigenvalue weighted by atomic mass is 9.85. The fourth-order valence-electron chi connectivity index (χ4n) is 3.06. The van der Waals surface area contributed by atoms with Gasteiger partial charge in [-0.3, -0.25) is 4.99 Å². The number of rotatable bonds is 4. The molecule has 1 heterocycles. The van der Waals surface area contributed by atoms with Crippen molar-refractivity contribution in [1.82, 2.24) is 14.8 Å². The lowest BCUT2D eigenvalue weighted by molar-refractivity contribution is 0.00819. The highest BCUT2D eigenvalue weighted by Crippen LogP contribution is 2.27. The monoisotopic (exact) mass is 454 g/mol. The molecule has 1 aromatic heterocycles. The molecule has 132 valence electrons. The highest BCUT2D eigenvalue weighted by atomic mass is 127. The van der Waals surface area contributed by atoms with E-state index >= 15 is 0 Å². The van der Waals surface area contributed by atoms with Crippen molar-refractivity contribution < 1.29 is 5.11 Å². The van der Waals surface area contributed by atoms with E-state index in [9.17, 15) is 5.11 Å². The van der Waals surface area contributed by atoms with Crippen LogP contribution in [0.15, 0.2) is 17.3 Å². The third kappa shape index (κ3) is 5.83. The van der Waals surface area contributed by atoms with Crippen LogP contribution in [-0.4, -0.2) is 46.8 Å². The van der Waals surface area contributed by atoms with Gasteiger partial charge < -0.3 is 19.9 Å². The number of guanidine groups is 1. The highest BCUT2D eigenvalue weighted by Gasteiger charge is 2.29. The van der Waals surface area contributed by atoms with Crippen LogP contribution in [0.5, 0.6) is 0 Å². The number of halogens is 2. The number of aryl methyl sites for hydroxylation is 1. The molecule has 1 aliphatic carbocycles. The summed E-state index contributed by atoms with van der Waals surface area (Å²) in [7, 11) is 5.73. The van der Waals surface area contributed by atoms with Gasteiger partial charge in [-0.2, -0.15) is 0 Å². The minimum atomic E-state index is -0.594. The van der Waals surface area contributed by atoms with Crippen LogP contribution in [0.2, 0.25) is 5.02 Å².